The standard InChI is InChI=1S/C14H15N5OS/c1-3-15-12(20)8-21-14-17-11-7-5-4-6-10(11)13-16-9(2)18-19(13)14/h4-7H,3,8H2,1-2H3,(H,15,20). The number of nitrogens with zero attached hydrogens (tertiary/aromatic N) is 4. The predicted octanol–water partition coefficient (Wildman–Crippen LogP) is 1.81. The van der Waals surface area contributed by atoms with Crippen LogP contribution < -0.4 is 5.32 Å². The minimum atomic E-state index is -0.0116. The topological polar surface area (TPSA) is 72.2 Å². The molecule has 0 aliphatic carbocycles. The number of benzene rings is 1. The first-order chi connectivity index (χ1) is 10.2. The van der Waals surface area contributed by atoms with E-state index in [4.69, 9.17) is 0 Å². The molecule has 0 bridgehead atoms. The largest absolute Gasteiger partial charge is 0.356 e. The van der Waals surface area contributed by atoms with Crippen LogP contribution in [-0.2, 0) is 4.79 Å². The molecule has 0 aliphatic rings. The second-order valence-electron chi connectivity index (χ2n) is 4.55. The fraction of sp³-hybridized carbons (Fsp3) is 0.286. The predicted molar refractivity (Wildman–Crippen MR) is 82.4 cm³/mol. The Bertz CT molecular complexity index is 814. The molecular weight excluding hydrogens is 286 g/mol. The minimum absolute atomic E-state index is 0.0116. The van der Waals surface area contributed by atoms with Crippen LogP contribution in [0.3, 0.4) is 0 Å². The van der Waals surface area contributed by atoms with E-state index < -0.39 is 0 Å². The first-order valence-corrected chi connectivity index (χ1v) is 7.69. The summed E-state index contributed by atoms with van der Waals surface area (Å²) >= 11 is 1.36. The number of fused-ring (bicyclic) bond motifs is 3. The fourth-order valence-corrected chi connectivity index (χ4v) is 2.88. The SMILES string of the molecule is CCNC(=O)CSc1nc2ccccc2c2nc(C)nn12. The third kappa shape index (κ3) is 2.69. The molecule has 2 heterocycles. The highest BCUT2D eigenvalue weighted by molar-refractivity contribution is 7.99. The summed E-state index contributed by atoms with van der Waals surface area (Å²) < 4.78 is 1.71. The van der Waals surface area contributed by atoms with Crippen LogP contribution >= 0.6 is 11.8 Å². The molecule has 7 heteroatoms. The van der Waals surface area contributed by atoms with Gasteiger partial charge in [-0.1, -0.05) is 23.9 Å². The summed E-state index contributed by atoms with van der Waals surface area (Å²) in [6.45, 7) is 4.37. The Morgan fingerprint density at radius 1 is 1.33 bits per heavy atom. The molecule has 1 amide bonds. The van der Waals surface area contributed by atoms with Gasteiger partial charge in [-0.25, -0.2) is 9.97 Å². The lowest BCUT2D eigenvalue weighted by molar-refractivity contribution is -0.118. The van der Waals surface area contributed by atoms with Gasteiger partial charge in [-0.15, -0.1) is 5.10 Å². The number of nitrogens with one attached hydrogen (secondary N) is 1. The van der Waals surface area contributed by atoms with Crippen LogP contribution in [-0.4, -0.2) is 37.8 Å². The van der Waals surface area contributed by atoms with Crippen molar-refractivity contribution in [3.05, 3.63) is 30.1 Å². The molecule has 0 radical (unpaired) electrons. The van der Waals surface area contributed by atoms with Gasteiger partial charge in [0.15, 0.2) is 10.8 Å². The van der Waals surface area contributed by atoms with Crippen molar-refractivity contribution in [1.82, 2.24) is 24.9 Å². The Morgan fingerprint density at radius 3 is 2.95 bits per heavy atom. The van der Waals surface area contributed by atoms with Gasteiger partial charge in [-0.05, 0) is 26.0 Å². The van der Waals surface area contributed by atoms with Crippen LogP contribution in [0.1, 0.15) is 12.7 Å². The molecule has 0 saturated heterocycles. The molecule has 21 heavy (non-hydrogen) atoms. The normalized spacial score (nSPS) is 11.1. The van der Waals surface area contributed by atoms with Crippen LogP contribution in [0, 0.1) is 6.92 Å². The van der Waals surface area contributed by atoms with Crippen LogP contribution in [0.5, 0.6) is 0 Å². The Morgan fingerprint density at radius 2 is 2.14 bits per heavy atom. The van der Waals surface area contributed by atoms with Crippen molar-refractivity contribution in [3.8, 4) is 0 Å². The van der Waals surface area contributed by atoms with Gasteiger partial charge in [0.1, 0.15) is 5.82 Å². The van der Waals surface area contributed by atoms with Gasteiger partial charge in [0.25, 0.3) is 0 Å². The zero-order chi connectivity index (χ0) is 14.8. The van der Waals surface area contributed by atoms with E-state index in [1.54, 1.807) is 4.52 Å². The molecule has 0 aliphatic heterocycles. The maximum Gasteiger partial charge on any atom is 0.230 e. The smallest absolute Gasteiger partial charge is 0.230 e. The van der Waals surface area contributed by atoms with E-state index in [1.807, 2.05) is 38.1 Å². The molecule has 1 aromatic carbocycles. The lowest BCUT2D eigenvalue weighted by Gasteiger charge is -2.06. The monoisotopic (exact) mass is 301 g/mol. The number of carbonyl (C=O) groups excluding carboxylic acids is 1. The van der Waals surface area contributed by atoms with Crippen molar-refractivity contribution in [2.45, 2.75) is 19.0 Å². The van der Waals surface area contributed by atoms with Gasteiger partial charge < -0.3 is 5.32 Å². The Kier molecular flexibility index (Phi) is 3.74. The van der Waals surface area contributed by atoms with E-state index in [-0.39, 0.29) is 5.91 Å². The zero-order valence-electron chi connectivity index (χ0n) is 11.8. The summed E-state index contributed by atoms with van der Waals surface area (Å²) in [6.07, 6.45) is 0. The summed E-state index contributed by atoms with van der Waals surface area (Å²) in [5, 5.41) is 8.79. The van der Waals surface area contributed by atoms with Crippen molar-refractivity contribution in [3.63, 3.8) is 0 Å². The molecule has 0 saturated carbocycles. The quantitative estimate of drug-likeness (QED) is 0.588. The minimum Gasteiger partial charge on any atom is -0.356 e. The molecule has 3 rings (SSSR count). The van der Waals surface area contributed by atoms with E-state index in [0.29, 0.717) is 23.3 Å². The highest BCUT2D eigenvalue weighted by Gasteiger charge is 2.13. The van der Waals surface area contributed by atoms with E-state index in [2.05, 4.69) is 20.4 Å². The van der Waals surface area contributed by atoms with Crippen molar-refractivity contribution in [2.75, 3.05) is 12.3 Å². The number of carbonyl (C=O) groups is 1. The summed E-state index contributed by atoms with van der Waals surface area (Å²) in [5.74, 6) is 0.989. The maximum atomic E-state index is 11.6. The second-order valence-corrected chi connectivity index (χ2v) is 5.49. The van der Waals surface area contributed by atoms with E-state index in [9.17, 15) is 4.79 Å². The van der Waals surface area contributed by atoms with Crippen LogP contribution in [0.15, 0.2) is 29.4 Å². The summed E-state index contributed by atoms with van der Waals surface area (Å²) in [6, 6.07) is 7.81. The fourth-order valence-electron chi connectivity index (χ4n) is 2.11. The lowest BCUT2D eigenvalue weighted by atomic mass is 10.2. The van der Waals surface area contributed by atoms with Gasteiger partial charge >= 0.3 is 0 Å². The van der Waals surface area contributed by atoms with Crippen LogP contribution in [0.25, 0.3) is 16.6 Å². The molecular formula is C14H15N5OS. The van der Waals surface area contributed by atoms with Crippen molar-refractivity contribution in [2.24, 2.45) is 0 Å². The van der Waals surface area contributed by atoms with Gasteiger partial charge in [-0.2, -0.15) is 4.52 Å². The molecule has 0 atom stereocenters. The van der Waals surface area contributed by atoms with Gasteiger partial charge in [0.05, 0.1) is 11.3 Å². The number of aromatic nitrogens is 4. The van der Waals surface area contributed by atoms with Crippen LogP contribution in [0.2, 0.25) is 0 Å². The van der Waals surface area contributed by atoms with Crippen LogP contribution in [0.4, 0.5) is 0 Å². The third-order valence-corrected chi connectivity index (χ3v) is 3.89. The number of para-hydroxylation sites is 1. The molecule has 3 aromatic rings. The van der Waals surface area contributed by atoms with Gasteiger partial charge in [0, 0.05) is 11.9 Å². The Labute approximate surface area is 126 Å². The molecule has 0 spiro atoms. The highest BCUT2D eigenvalue weighted by Crippen LogP contribution is 2.23. The highest BCUT2D eigenvalue weighted by atomic mass is 32.2. The molecule has 0 fully saturated rings. The number of thioether (sulfide) groups is 1. The first-order valence-electron chi connectivity index (χ1n) is 6.70. The van der Waals surface area contributed by atoms with Crippen molar-refractivity contribution in [1.29, 1.82) is 0 Å². The molecule has 6 nitrogen and oxygen atoms in total. The van der Waals surface area contributed by atoms with E-state index in [1.165, 1.54) is 11.8 Å². The average molecular weight is 301 g/mol. The summed E-state index contributed by atoms with van der Waals surface area (Å²) in [7, 11) is 0. The number of aryl methyl sites for hydroxylation is 1. The molecule has 108 valence electrons. The average Bonchev–Trinajstić information content (AvgIpc) is 2.87. The van der Waals surface area contributed by atoms with Gasteiger partial charge in [-0.3, -0.25) is 4.79 Å². The number of amides is 1. The van der Waals surface area contributed by atoms with Crippen molar-refractivity contribution < 1.29 is 4.79 Å². The number of rotatable bonds is 4. The molecule has 0 unspecified atom stereocenters. The second kappa shape index (κ2) is 5.69. The van der Waals surface area contributed by atoms with E-state index >= 15 is 0 Å². The van der Waals surface area contributed by atoms with Crippen molar-refractivity contribution >= 4 is 34.2 Å². The molecule has 2 aromatic heterocycles. The third-order valence-electron chi connectivity index (χ3n) is 2.96. The number of hydrogen-bond acceptors (Lipinski definition) is 5. The van der Waals surface area contributed by atoms with E-state index in [0.717, 1.165) is 16.6 Å². The number of hydrogen-bond donors (Lipinski definition) is 1. The first kappa shape index (κ1) is 13.8. The molecule has 1 N–H and O–H groups in total. The Balaban J connectivity index is 2.05. The summed E-state index contributed by atoms with van der Waals surface area (Å²) in [4.78, 5) is 20.7. The zero-order valence-corrected chi connectivity index (χ0v) is 12.6. The van der Waals surface area contributed by atoms with Gasteiger partial charge in [0.2, 0.25) is 5.91 Å². The Hall–Kier alpha value is -2.15. The summed E-state index contributed by atoms with van der Waals surface area (Å²) in [5.41, 5.74) is 1.63. The lowest BCUT2D eigenvalue weighted by Crippen LogP contribution is -2.24. The maximum absolute atomic E-state index is 11.6.